The van der Waals surface area contributed by atoms with Crippen LogP contribution in [0, 0.1) is 0 Å². The summed E-state index contributed by atoms with van der Waals surface area (Å²) in [6.07, 6.45) is 0. The molecule has 0 radical (unpaired) electrons. The Labute approximate surface area is 164 Å². The van der Waals surface area contributed by atoms with Crippen molar-refractivity contribution >= 4 is 11.8 Å². The van der Waals surface area contributed by atoms with Crippen LogP contribution in [-0.2, 0) is 9.59 Å². The molecule has 0 aromatic heterocycles. The van der Waals surface area contributed by atoms with Crippen LogP contribution in [0.3, 0.4) is 0 Å². The third kappa shape index (κ3) is 5.97. The van der Waals surface area contributed by atoms with Gasteiger partial charge in [-0.2, -0.15) is 0 Å². The topological polar surface area (TPSA) is 101 Å². The number of ether oxygens (including phenoxy) is 2. The highest BCUT2D eigenvalue weighted by Gasteiger charge is 2.16. The molecule has 28 heavy (non-hydrogen) atoms. The Kier molecular flexibility index (Phi) is 7.79. The van der Waals surface area contributed by atoms with Crippen LogP contribution in [0.4, 0.5) is 0 Å². The second-order valence-electron chi connectivity index (χ2n) is 6.19. The first-order chi connectivity index (χ1) is 13.4. The number of benzene rings is 2. The minimum atomic E-state index is -0.796. The minimum Gasteiger partial charge on any atom is -0.497 e. The molecular weight excluding hydrogens is 360 g/mol. The highest BCUT2D eigenvalue weighted by molar-refractivity contribution is 6.34. The van der Waals surface area contributed by atoms with Gasteiger partial charge in [-0.25, -0.2) is 10.9 Å². The summed E-state index contributed by atoms with van der Waals surface area (Å²) in [6.45, 7) is 3.73. The molecular formula is C20H26N4O4. The molecule has 0 fully saturated rings. The number of rotatable bonds is 8. The van der Waals surface area contributed by atoms with Gasteiger partial charge in [-0.1, -0.05) is 24.3 Å². The van der Waals surface area contributed by atoms with Crippen LogP contribution in [0.2, 0.25) is 0 Å². The van der Waals surface area contributed by atoms with Crippen molar-refractivity contribution in [2.45, 2.75) is 25.9 Å². The molecule has 0 heterocycles. The number of nitrogens with one attached hydrogen (secondary N) is 4. The molecule has 150 valence electrons. The van der Waals surface area contributed by atoms with Gasteiger partial charge in [0.1, 0.15) is 11.5 Å². The molecule has 8 heteroatoms. The predicted octanol–water partition coefficient (Wildman–Crippen LogP) is 1.77. The van der Waals surface area contributed by atoms with Crippen molar-refractivity contribution < 1.29 is 19.1 Å². The molecule has 0 spiro atoms. The van der Waals surface area contributed by atoms with Gasteiger partial charge in [-0.3, -0.25) is 20.4 Å². The average Bonchev–Trinajstić information content (AvgIpc) is 2.75. The first-order valence-electron chi connectivity index (χ1n) is 8.84. The maximum Gasteiger partial charge on any atom is 0.324 e. The molecule has 2 rings (SSSR count). The van der Waals surface area contributed by atoms with E-state index in [-0.39, 0.29) is 12.1 Å². The van der Waals surface area contributed by atoms with E-state index in [9.17, 15) is 9.59 Å². The molecule has 2 aromatic rings. The Morgan fingerprint density at radius 1 is 0.679 bits per heavy atom. The lowest BCUT2D eigenvalue weighted by molar-refractivity contribution is -0.140. The van der Waals surface area contributed by atoms with Crippen molar-refractivity contribution in [1.29, 1.82) is 0 Å². The van der Waals surface area contributed by atoms with Crippen LogP contribution in [-0.4, -0.2) is 26.0 Å². The minimum absolute atomic E-state index is 0.186. The molecule has 0 aliphatic carbocycles. The van der Waals surface area contributed by atoms with E-state index < -0.39 is 11.8 Å². The van der Waals surface area contributed by atoms with Crippen LogP contribution in [0.25, 0.3) is 0 Å². The maximum absolute atomic E-state index is 11.9. The van der Waals surface area contributed by atoms with Crippen molar-refractivity contribution in [3.63, 3.8) is 0 Å². The van der Waals surface area contributed by atoms with Crippen molar-refractivity contribution in [2.75, 3.05) is 14.2 Å². The standard InChI is InChI=1S/C20H26N4O4/c1-13(15-5-9-17(27-3)10-6-15)21-23-19(25)20(26)24-22-14(2)16-7-11-18(28-4)12-8-16/h5-14,21-22H,1-4H3,(H,23,25)(H,24,26). The third-order valence-electron chi connectivity index (χ3n) is 4.24. The normalized spacial score (nSPS) is 12.6. The maximum atomic E-state index is 11.9. The predicted molar refractivity (Wildman–Crippen MR) is 105 cm³/mol. The van der Waals surface area contributed by atoms with Crippen molar-refractivity contribution in [3.8, 4) is 11.5 Å². The second-order valence-corrected chi connectivity index (χ2v) is 6.19. The second kappa shape index (κ2) is 10.3. The van der Waals surface area contributed by atoms with Crippen LogP contribution < -0.4 is 31.2 Å². The first-order valence-corrected chi connectivity index (χ1v) is 8.84. The summed E-state index contributed by atoms with van der Waals surface area (Å²) in [4.78, 5) is 23.9. The largest absolute Gasteiger partial charge is 0.497 e. The highest BCUT2D eigenvalue weighted by Crippen LogP contribution is 2.17. The van der Waals surface area contributed by atoms with Crippen LogP contribution in [0.5, 0.6) is 11.5 Å². The smallest absolute Gasteiger partial charge is 0.324 e. The lowest BCUT2D eigenvalue weighted by atomic mass is 10.1. The summed E-state index contributed by atoms with van der Waals surface area (Å²) >= 11 is 0. The number of carbonyl (C=O) groups is 2. The Bertz CT molecular complexity index is 710. The van der Waals surface area contributed by atoms with Gasteiger partial charge in [0, 0.05) is 12.1 Å². The fourth-order valence-corrected chi connectivity index (χ4v) is 2.41. The Morgan fingerprint density at radius 2 is 1.00 bits per heavy atom. The van der Waals surface area contributed by atoms with Crippen LogP contribution >= 0.6 is 0 Å². The van der Waals surface area contributed by atoms with Gasteiger partial charge < -0.3 is 9.47 Å². The molecule has 2 unspecified atom stereocenters. The Hall–Kier alpha value is -3.10. The molecule has 8 nitrogen and oxygen atoms in total. The molecule has 2 amide bonds. The van der Waals surface area contributed by atoms with E-state index in [1.807, 2.05) is 62.4 Å². The summed E-state index contributed by atoms with van der Waals surface area (Å²) in [5, 5.41) is 0. The van der Waals surface area contributed by atoms with Crippen molar-refractivity contribution in [1.82, 2.24) is 21.7 Å². The monoisotopic (exact) mass is 386 g/mol. The van der Waals surface area contributed by atoms with Crippen LogP contribution in [0.1, 0.15) is 37.1 Å². The number of hydrogen-bond acceptors (Lipinski definition) is 6. The number of carbonyl (C=O) groups excluding carboxylic acids is 2. The zero-order valence-corrected chi connectivity index (χ0v) is 16.4. The first kappa shape index (κ1) is 21.2. The summed E-state index contributed by atoms with van der Waals surface area (Å²) in [6, 6.07) is 14.4. The summed E-state index contributed by atoms with van der Waals surface area (Å²) < 4.78 is 10.2. The quantitative estimate of drug-likeness (QED) is 0.408. The van der Waals surface area contributed by atoms with E-state index in [2.05, 4.69) is 21.7 Å². The van der Waals surface area contributed by atoms with Gasteiger partial charge in [-0.15, -0.1) is 0 Å². The SMILES string of the molecule is COc1ccc(C(C)NNC(=O)C(=O)NNC(C)c2ccc(OC)cc2)cc1. The van der Waals surface area contributed by atoms with Crippen LogP contribution in [0.15, 0.2) is 48.5 Å². The average molecular weight is 386 g/mol. The fourth-order valence-electron chi connectivity index (χ4n) is 2.41. The molecule has 0 saturated carbocycles. The number of amides is 2. The number of methoxy groups -OCH3 is 2. The molecule has 2 atom stereocenters. The Morgan fingerprint density at radius 3 is 1.29 bits per heavy atom. The summed E-state index contributed by atoms with van der Waals surface area (Å²) in [5.41, 5.74) is 12.3. The van der Waals surface area contributed by atoms with Gasteiger partial charge in [0.15, 0.2) is 0 Å². The van der Waals surface area contributed by atoms with Gasteiger partial charge in [0.25, 0.3) is 0 Å². The molecule has 0 aliphatic rings. The molecule has 2 aromatic carbocycles. The molecule has 4 N–H and O–H groups in total. The molecule has 0 saturated heterocycles. The lowest BCUT2D eigenvalue weighted by Gasteiger charge is -2.17. The van der Waals surface area contributed by atoms with E-state index >= 15 is 0 Å². The van der Waals surface area contributed by atoms with Crippen molar-refractivity contribution in [2.24, 2.45) is 0 Å². The summed E-state index contributed by atoms with van der Waals surface area (Å²) in [7, 11) is 3.19. The van der Waals surface area contributed by atoms with E-state index in [1.165, 1.54) is 0 Å². The van der Waals surface area contributed by atoms with E-state index in [1.54, 1.807) is 14.2 Å². The fraction of sp³-hybridized carbons (Fsp3) is 0.300. The van der Waals surface area contributed by atoms with E-state index in [0.29, 0.717) is 0 Å². The van der Waals surface area contributed by atoms with Gasteiger partial charge in [0.2, 0.25) is 0 Å². The highest BCUT2D eigenvalue weighted by atomic mass is 16.5. The van der Waals surface area contributed by atoms with Gasteiger partial charge in [-0.05, 0) is 49.2 Å². The van der Waals surface area contributed by atoms with E-state index in [4.69, 9.17) is 9.47 Å². The number of hydrogen-bond donors (Lipinski definition) is 4. The van der Waals surface area contributed by atoms with Crippen molar-refractivity contribution in [3.05, 3.63) is 59.7 Å². The molecule has 0 bridgehead atoms. The van der Waals surface area contributed by atoms with E-state index in [0.717, 1.165) is 22.6 Å². The number of hydrazine groups is 2. The van der Waals surface area contributed by atoms with Gasteiger partial charge >= 0.3 is 11.8 Å². The molecule has 0 aliphatic heterocycles. The third-order valence-corrected chi connectivity index (χ3v) is 4.24. The summed E-state index contributed by atoms with van der Waals surface area (Å²) in [5.74, 6) is -0.0996. The zero-order valence-electron chi connectivity index (χ0n) is 16.4. The lowest BCUT2D eigenvalue weighted by Crippen LogP contribution is -2.51. The Balaban J connectivity index is 1.77. The zero-order chi connectivity index (χ0) is 20.5. The van der Waals surface area contributed by atoms with Gasteiger partial charge in [0.05, 0.1) is 14.2 Å².